The fourth-order valence-electron chi connectivity index (χ4n) is 3.15. The maximum Gasteiger partial charge on any atom is 0.164 e. The number of hydrogen-bond acceptors (Lipinski definition) is 4. The zero-order valence-electron chi connectivity index (χ0n) is 14.7. The lowest BCUT2D eigenvalue weighted by atomic mass is 9.96. The van der Waals surface area contributed by atoms with Crippen LogP contribution in [0.3, 0.4) is 0 Å². The average Bonchev–Trinajstić information content (AvgIpc) is 3.01. The Morgan fingerprint density at radius 1 is 1.33 bits per heavy atom. The second-order valence-electron chi connectivity index (χ2n) is 6.80. The maximum atomic E-state index is 12.4. The second kappa shape index (κ2) is 6.87. The van der Waals surface area contributed by atoms with Gasteiger partial charge in [-0.25, -0.2) is 0 Å². The summed E-state index contributed by atoms with van der Waals surface area (Å²) in [5, 5.41) is 4.25. The number of nitrogens with zero attached hydrogens (tertiary/aromatic N) is 3. The molecule has 1 aromatic carbocycles. The van der Waals surface area contributed by atoms with Gasteiger partial charge in [-0.05, 0) is 13.8 Å². The van der Waals surface area contributed by atoms with Gasteiger partial charge in [0.05, 0.1) is 12.8 Å². The molecule has 1 aliphatic heterocycles. The Balaban J connectivity index is 1.59. The van der Waals surface area contributed by atoms with E-state index in [-0.39, 0.29) is 11.4 Å². The lowest BCUT2D eigenvalue weighted by Crippen LogP contribution is -2.48. The second-order valence-corrected chi connectivity index (χ2v) is 6.80. The first-order valence-electron chi connectivity index (χ1n) is 8.42. The van der Waals surface area contributed by atoms with E-state index in [1.807, 2.05) is 50.6 Å². The first kappa shape index (κ1) is 16.9. The standard InChI is InChI=1S/C19H25N3O2/c1-15-4-6-16(7-5-15)18(23)8-9-22-10-11-24-19(2,14-22)17-12-20-21(3)13-17/h4-7,12-13H,8-11,14H2,1-3H3/t19-/m0/s1. The number of morpholine rings is 1. The summed E-state index contributed by atoms with van der Waals surface area (Å²) < 4.78 is 7.82. The van der Waals surface area contributed by atoms with E-state index >= 15 is 0 Å². The van der Waals surface area contributed by atoms with Gasteiger partial charge < -0.3 is 4.74 Å². The van der Waals surface area contributed by atoms with Gasteiger partial charge in [0, 0.05) is 50.4 Å². The SMILES string of the molecule is Cc1ccc(C(=O)CCN2CCO[C@](C)(c3cnn(C)c3)C2)cc1. The number of ketones is 1. The van der Waals surface area contributed by atoms with Gasteiger partial charge in [-0.3, -0.25) is 14.4 Å². The molecule has 1 fully saturated rings. The predicted molar refractivity (Wildman–Crippen MR) is 93.1 cm³/mol. The first-order valence-corrected chi connectivity index (χ1v) is 8.42. The molecule has 1 saturated heterocycles. The zero-order valence-corrected chi connectivity index (χ0v) is 14.7. The molecule has 5 heteroatoms. The van der Waals surface area contributed by atoms with Crippen LogP contribution in [-0.2, 0) is 17.4 Å². The molecule has 3 rings (SSSR count). The molecule has 1 atom stereocenters. The van der Waals surface area contributed by atoms with Crippen molar-refractivity contribution in [1.82, 2.24) is 14.7 Å². The van der Waals surface area contributed by atoms with Crippen LogP contribution >= 0.6 is 0 Å². The van der Waals surface area contributed by atoms with Crippen LogP contribution in [0.15, 0.2) is 36.7 Å². The Bertz CT molecular complexity index is 708. The molecule has 0 amide bonds. The van der Waals surface area contributed by atoms with Crippen LogP contribution in [0.1, 0.15) is 34.8 Å². The lowest BCUT2D eigenvalue weighted by molar-refractivity contribution is -0.102. The molecule has 0 unspecified atom stereocenters. The van der Waals surface area contributed by atoms with Crippen LogP contribution in [0, 0.1) is 6.92 Å². The minimum atomic E-state index is -0.362. The largest absolute Gasteiger partial charge is 0.368 e. The molecule has 0 radical (unpaired) electrons. The number of aryl methyl sites for hydroxylation is 2. The predicted octanol–water partition coefficient (Wildman–Crippen LogP) is 2.55. The highest BCUT2D eigenvalue weighted by Gasteiger charge is 2.34. The van der Waals surface area contributed by atoms with Gasteiger partial charge >= 0.3 is 0 Å². The Morgan fingerprint density at radius 2 is 2.08 bits per heavy atom. The minimum absolute atomic E-state index is 0.199. The topological polar surface area (TPSA) is 47.4 Å². The van der Waals surface area contributed by atoms with E-state index in [4.69, 9.17) is 4.74 Å². The number of hydrogen-bond donors (Lipinski definition) is 0. The molecule has 1 aliphatic rings. The highest BCUT2D eigenvalue weighted by Crippen LogP contribution is 2.29. The molecule has 128 valence electrons. The third-order valence-electron chi connectivity index (χ3n) is 4.70. The summed E-state index contributed by atoms with van der Waals surface area (Å²) in [4.78, 5) is 14.7. The summed E-state index contributed by atoms with van der Waals surface area (Å²) in [6, 6.07) is 7.80. The van der Waals surface area contributed by atoms with Crippen LogP contribution in [0.4, 0.5) is 0 Å². The molecular weight excluding hydrogens is 302 g/mol. The summed E-state index contributed by atoms with van der Waals surface area (Å²) >= 11 is 0. The first-order chi connectivity index (χ1) is 11.5. The molecule has 0 aliphatic carbocycles. The van der Waals surface area contributed by atoms with Gasteiger partial charge in [0.2, 0.25) is 0 Å². The molecule has 0 N–H and O–H groups in total. The van der Waals surface area contributed by atoms with Crippen molar-refractivity contribution < 1.29 is 9.53 Å². The van der Waals surface area contributed by atoms with Crippen LogP contribution in [0.25, 0.3) is 0 Å². The summed E-state index contributed by atoms with van der Waals surface area (Å²) in [7, 11) is 1.91. The van der Waals surface area contributed by atoms with Crippen molar-refractivity contribution in [2.24, 2.45) is 7.05 Å². The fraction of sp³-hybridized carbons (Fsp3) is 0.474. The number of rotatable bonds is 5. The van der Waals surface area contributed by atoms with Crippen molar-refractivity contribution in [3.63, 3.8) is 0 Å². The van der Waals surface area contributed by atoms with Gasteiger partial charge in [0.15, 0.2) is 5.78 Å². The Hall–Kier alpha value is -1.98. The summed E-state index contributed by atoms with van der Waals surface area (Å²) in [6.07, 6.45) is 4.40. The number of carbonyl (C=O) groups is 1. The summed E-state index contributed by atoms with van der Waals surface area (Å²) in [6.45, 7) is 7.19. The molecule has 5 nitrogen and oxygen atoms in total. The van der Waals surface area contributed by atoms with Crippen LogP contribution in [-0.4, -0.2) is 46.7 Å². The van der Waals surface area contributed by atoms with Crippen molar-refractivity contribution in [1.29, 1.82) is 0 Å². The molecule has 2 heterocycles. The zero-order chi connectivity index (χ0) is 17.2. The fourth-order valence-corrected chi connectivity index (χ4v) is 3.15. The third-order valence-corrected chi connectivity index (χ3v) is 4.70. The lowest BCUT2D eigenvalue weighted by Gasteiger charge is -2.40. The van der Waals surface area contributed by atoms with Crippen molar-refractivity contribution >= 4 is 5.78 Å². The average molecular weight is 327 g/mol. The van der Waals surface area contributed by atoms with Crippen molar-refractivity contribution in [2.45, 2.75) is 25.9 Å². The Labute approximate surface area is 143 Å². The highest BCUT2D eigenvalue weighted by molar-refractivity contribution is 5.96. The van der Waals surface area contributed by atoms with E-state index in [2.05, 4.69) is 16.9 Å². The van der Waals surface area contributed by atoms with Gasteiger partial charge in [-0.1, -0.05) is 29.8 Å². The molecular formula is C19H25N3O2. The smallest absolute Gasteiger partial charge is 0.164 e. The van der Waals surface area contributed by atoms with Crippen molar-refractivity contribution in [3.05, 3.63) is 53.3 Å². The van der Waals surface area contributed by atoms with Gasteiger partial charge in [0.1, 0.15) is 5.60 Å². The van der Waals surface area contributed by atoms with Gasteiger partial charge in [-0.2, -0.15) is 5.10 Å². The molecule has 0 saturated carbocycles. The van der Waals surface area contributed by atoms with E-state index in [1.165, 1.54) is 5.56 Å². The molecule has 24 heavy (non-hydrogen) atoms. The van der Waals surface area contributed by atoms with E-state index in [0.29, 0.717) is 13.0 Å². The normalized spacial score (nSPS) is 21.8. The van der Waals surface area contributed by atoms with Crippen molar-refractivity contribution in [2.75, 3.05) is 26.2 Å². The van der Waals surface area contributed by atoms with E-state index in [1.54, 1.807) is 4.68 Å². The van der Waals surface area contributed by atoms with E-state index < -0.39 is 0 Å². The van der Waals surface area contributed by atoms with E-state index in [9.17, 15) is 4.79 Å². The Kier molecular flexibility index (Phi) is 4.83. The minimum Gasteiger partial charge on any atom is -0.368 e. The number of benzene rings is 1. The number of Topliss-reactive ketones (excluding diaryl/α,β-unsaturated/α-hetero) is 1. The monoisotopic (exact) mass is 327 g/mol. The quantitative estimate of drug-likeness (QED) is 0.792. The van der Waals surface area contributed by atoms with Crippen molar-refractivity contribution in [3.8, 4) is 0 Å². The number of aromatic nitrogens is 2. The molecule has 0 spiro atoms. The van der Waals surface area contributed by atoms with E-state index in [0.717, 1.165) is 30.8 Å². The highest BCUT2D eigenvalue weighted by atomic mass is 16.5. The van der Waals surface area contributed by atoms with Gasteiger partial charge in [-0.15, -0.1) is 0 Å². The summed E-state index contributed by atoms with van der Waals surface area (Å²) in [5.41, 5.74) is 2.69. The molecule has 1 aromatic heterocycles. The number of ether oxygens (including phenoxy) is 1. The Morgan fingerprint density at radius 3 is 2.75 bits per heavy atom. The van der Waals surface area contributed by atoms with Crippen LogP contribution < -0.4 is 0 Å². The van der Waals surface area contributed by atoms with Crippen LogP contribution in [0.2, 0.25) is 0 Å². The maximum absolute atomic E-state index is 12.4. The molecule has 2 aromatic rings. The third kappa shape index (κ3) is 3.74. The van der Waals surface area contributed by atoms with Gasteiger partial charge in [0.25, 0.3) is 0 Å². The number of carbonyl (C=O) groups excluding carboxylic acids is 1. The van der Waals surface area contributed by atoms with Crippen LogP contribution in [0.5, 0.6) is 0 Å². The summed E-state index contributed by atoms with van der Waals surface area (Å²) in [5.74, 6) is 0.199. The molecule has 0 bridgehead atoms.